The number of aliphatic hydroxyl groups is 1. The van der Waals surface area contributed by atoms with E-state index < -0.39 is 0 Å². The number of likely N-dealkylation sites (tertiary alicyclic amines) is 1. The summed E-state index contributed by atoms with van der Waals surface area (Å²) in [5.74, 6) is 1.72. The van der Waals surface area contributed by atoms with Gasteiger partial charge in [-0.05, 0) is 38.1 Å². The van der Waals surface area contributed by atoms with Crippen LogP contribution in [-0.2, 0) is 0 Å². The standard InChI is InChI=1S/C14H21NO3/c1-11(2)18-14-5-3-13(4-6-14)17-8-7-15-9-12(16)10-15/h3-6,11-12,16H,7-10H2,1-2H3. The minimum absolute atomic E-state index is 0.141. The lowest BCUT2D eigenvalue weighted by Crippen LogP contribution is -2.51. The third-order valence-electron chi connectivity index (χ3n) is 2.81. The van der Waals surface area contributed by atoms with Crippen molar-refractivity contribution in [3.05, 3.63) is 24.3 Å². The topological polar surface area (TPSA) is 41.9 Å². The molecule has 0 atom stereocenters. The van der Waals surface area contributed by atoms with E-state index in [2.05, 4.69) is 4.90 Å². The highest BCUT2D eigenvalue weighted by molar-refractivity contribution is 5.31. The van der Waals surface area contributed by atoms with Crippen LogP contribution in [0, 0.1) is 0 Å². The number of β-amino-alcohol motifs (C(OH)–C–C–N with tert-alkyl or cyclic N) is 1. The van der Waals surface area contributed by atoms with E-state index in [0.29, 0.717) is 6.61 Å². The van der Waals surface area contributed by atoms with Gasteiger partial charge in [0.15, 0.2) is 0 Å². The molecular formula is C14H21NO3. The Hall–Kier alpha value is -1.26. The number of ether oxygens (including phenoxy) is 2. The van der Waals surface area contributed by atoms with E-state index >= 15 is 0 Å². The maximum absolute atomic E-state index is 9.14. The number of hydrogen-bond donors (Lipinski definition) is 1. The molecule has 2 rings (SSSR count). The van der Waals surface area contributed by atoms with Crippen LogP contribution in [0.1, 0.15) is 13.8 Å². The first-order chi connectivity index (χ1) is 8.63. The molecule has 1 N–H and O–H groups in total. The summed E-state index contributed by atoms with van der Waals surface area (Å²) in [6, 6.07) is 7.68. The maximum Gasteiger partial charge on any atom is 0.119 e. The Balaban J connectivity index is 1.69. The number of aliphatic hydroxyl groups excluding tert-OH is 1. The monoisotopic (exact) mass is 251 g/mol. The molecule has 1 aromatic carbocycles. The molecule has 1 aliphatic heterocycles. The third kappa shape index (κ3) is 3.89. The molecule has 0 radical (unpaired) electrons. The predicted octanol–water partition coefficient (Wildman–Crippen LogP) is 1.53. The molecule has 1 aromatic rings. The first-order valence-corrected chi connectivity index (χ1v) is 6.43. The largest absolute Gasteiger partial charge is 0.492 e. The summed E-state index contributed by atoms with van der Waals surface area (Å²) in [5, 5.41) is 9.14. The van der Waals surface area contributed by atoms with Gasteiger partial charge in [-0.25, -0.2) is 0 Å². The average molecular weight is 251 g/mol. The van der Waals surface area contributed by atoms with Crippen LogP contribution in [0.4, 0.5) is 0 Å². The van der Waals surface area contributed by atoms with Gasteiger partial charge >= 0.3 is 0 Å². The van der Waals surface area contributed by atoms with Gasteiger partial charge in [0.2, 0.25) is 0 Å². The van der Waals surface area contributed by atoms with E-state index in [1.807, 2.05) is 38.1 Å². The maximum atomic E-state index is 9.14. The Labute approximate surface area is 108 Å². The quantitative estimate of drug-likeness (QED) is 0.832. The molecule has 0 aromatic heterocycles. The zero-order valence-electron chi connectivity index (χ0n) is 11.0. The Bertz CT molecular complexity index is 358. The number of benzene rings is 1. The SMILES string of the molecule is CC(C)Oc1ccc(OCCN2CC(O)C2)cc1. The molecular weight excluding hydrogens is 230 g/mol. The van der Waals surface area contributed by atoms with E-state index in [4.69, 9.17) is 14.6 Å². The second-order valence-corrected chi connectivity index (χ2v) is 4.90. The Morgan fingerprint density at radius 1 is 1.22 bits per heavy atom. The molecule has 0 unspecified atom stereocenters. The van der Waals surface area contributed by atoms with E-state index in [9.17, 15) is 0 Å². The molecule has 4 heteroatoms. The van der Waals surface area contributed by atoms with Crippen molar-refractivity contribution in [3.8, 4) is 11.5 Å². The molecule has 1 heterocycles. The van der Waals surface area contributed by atoms with Crippen molar-refractivity contribution >= 4 is 0 Å². The predicted molar refractivity (Wildman–Crippen MR) is 70.1 cm³/mol. The van der Waals surface area contributed by atoms with Crippen molar-refractivity contribution in [2.24, 2.45) is 0 Å². The van der Waals surface area contributed by atoms with Crippen LogP contribution in [0.5, 0.6) is 11.5 Å². The average Bonchev–Trinajstić information content (AvgIpc) is 2.28. The summed E-state index contributed by atoms with van der Waals surface area (Å²) in [5.41, 5.74) is 0. The van der Waals surface area contributed by atoms with Crippen molar-refractivity contribution in [1.82, 2.24) is 4.90 Å². The number of rotatable bonds is 6. The van der Waals surface area contributed by atoms with Gasteiger partial charge in [0.25, 0.3) is 0 Å². The van der Waals surface area contributed by atoms with Gasteiger partial charge in [-0.1, -0.05) is 0 Å². The van der Waals surface area contributed by atoms with Gasteiger partial charge in [0.1, 0.15) is 18.1 Å². The van der Waals surface area contributed by atoms with Crippen LogP contribution in [0.15, 0.2) is 24.3 Å². The van der Waals surface area contributed by atoms with E-state index in [0.717, 1.165) is 31.1 Å². The van der Waals surface area contributed by atoms with Gasteiger partial charge in [0, 0.05) is 19.6 Å². The van der Waals surface area contributed by atoms with Gasteiger partial charge in [-0.15, -0.1) is 0 Å². The second kappa shape index (κ2) is 6.07. The molecule has 4 nitrogen and oxygen atoms in total. The van der Waals surface area contributed by atoms with Crippen LogP contribution >= 0.6 is 0 Å². The molecule has 0 spiro atoms. The van der Waals surface area contributed by atoms with Crippen molar-refractivity contribution in [2.75, 3.05) is 26.2 Å². The second-order valence-electron chi connectivity index (χ2n) is 4.90. The van der Waals surface area contributed by atoms with Crippen molar-refractivity contribution < 1.29 is 14.6 Å². The highest BCUT2D eigenvalue weighted by atomic mass is 16.5. The van der Waals surface area contributed by atoms with Gasteiger partial charge in [-0.2, -0.15) is 0 Å². The Kier molecular flexibility index (Phi) is 4.44. The van der Waals surface area contributed by atoms with Crippen LogP contribution in [0.2, 0.25) is 0 Å². The van der Waals surface area contributed by atoms with E-state index in [-0.39, 0.29) is 12.2 Å². The first kappa shape index (κ1) is 13.2. The molecule has 0 saturated carbocycles. The van der Waals surface area contributed by atoms with Gasteiger partial charge < -0.3 is 14.6 Å². The molecule has 18 heavy (non-hydrogen) atoms. The van der Waals surface area contributed by atoms with Crippen molar-refractivity contribution in [1.29, 1.82) is 0 Å². The molecule has 1 aliphatic rings. The zero-order valence-corrected chi connectivity index (χ0v) is 11.0. The Morgan fingerprint density at radius 3 is 2.39 bits per heavy atom. The van der Waals surface area contributed by atoms with Crippen molar-refractivity contribution in [2.45, 2.75) is 26.1 Å². The molecule has 0 aliphatic carbocycles. The summed E-state index contributed by atoms with van der Waals surface area (Å²) in [7, 11) is 0. The number of nitrogens with zero attached hydrogens (tertiary/aromatic N) is 1. The molecule has 1 saturated heterocycles. The van der Waals surface area contributed by atoms with Crippen molar-refractivity contribution in [3.63, 3.8) is 0 Å². The fourth-order valence-electron chi connectivity index (χ4n) is 1.90. The zero-order chi connectivity index (χ0) is 13.0. The highest BCUT2D eigenvalue weighted by Crippen LogP contribution is 2.18. The third-order valence-corrected chi connectivity index (χ3v) is 2.81. The van der Waals surface area contributed by atoms with E-state index in [1.54, 1.807) is 0 Å². The highest BCUT2D eigenvalue weighted by Gasteiger charge is 2.23. The summed E-state index contributed by atoms with van der Waals surface area (Å²) >= 11 is 0. The lowest BCUT2D eigenvalue weighted by atomic mass is 10.2. The summed E-state index contributed by atoms with van der Waals surface area (Å²) in [6.45, 7) is 7.06. The fraction of sp³-hybridized carbons (Fsp3) is 0.571. The molecule has 1 fully saturated rings. The number of hydrogen-bond acceptors (Lipinski definition) is 4. The van der Waals surface area contributed by atoms with Crippen LogP contribution in [-0.4, -0.2) is 48.5 Å². The minimum Gasteiger partial charge on any atom is -0.492 e. The first-order valence-electron chi connectivity index (χ1n) is 6.43. The Morgan fingerprint density at radius 2 is 1.83 bits per heavy atom. The minimum atomic E-state index is -0.141. The van der Waals surface area contributed by atoms with Gasteiger partial charge in [-0.3, -0.25) is 4.90 Å². The molecule has 0 bridgehead atoms. The van der Waals surface area contributed by atoms with Crippen LogP contribution < -0.4 is 9.47 Å². The summed E-state index contributed by atoms with van der Waals surface area (Å²) < 4.78 is 11.2. The van der Waals surface area contributed by atoms with E-state index in [1.165, 1.54) is 0 Å². The van der Waals surface area contributed by atoms with Crippen LogP contribution in [0.3, 0.4) is 0 Å². The molecule has 0 amide bonds. The summed E-state index contributed by atoms with van der Waals surface area (Å²) in [4.78, 5) is 2.17. The summed E-state index contributed by atoms with van der Waals surface area (Å²) in [6.07, 6.45) is 0.0482. The smallest absolute Gasteiger partial charge is 0.119 e. The molecule has 100 valence electrons. The van der Waals surface area contributed by atoms with Gasteiger partial charge in [0.05, 0.1) is 12.2 Å². The fourth-order valence-corrected chi connectivity index (χ4v) is 1.90. The lowest BCUT2D eigenvalue weighted by molar-refractivity contribution is -0.00387. The normalized spacial score (nSPS) is 16.7. The van der Waals surface area contributed by atoms with Crippen LogP contribution in [0.25, 0.3) is 0 Å². The lowest BCUT2D eigenvalue weighted by Gasteiger charge is -2.35.